The van der Waals surface area contributed by atoms with Crippen molar-refractivity contribution in [3.05, 3.63) is 18.0 Å². The second-order valence-corrected chi connectivity index (χ2v) is 7.19. The maximum atomic E-state index is 12.5. The maximum Gasteiger partial charge on any atom is 0.352 e. The zero-order valence-electron chi connectivity index (χ0n) is 12.2. The molecule has 1 aliphatic rings. The standard InChI is InChI=1S/C13H21N3O4S/c1-3-10(2)15-4-6-16(7-5-15)21(19,20)11-8-12(13(17)18)14-9-11/h8-10,14H,3-7H2,1-2H3,(H,17,18). The van der Waals surface area contributed by atoms with Gasteiger partial charge >= 0.3 is 5.97 Å². The predicted octanol–water partition coefficient (Wildman–Crippen LogP) is 0.818. The first-order chi connectivity index (χ1) is 9.86. The van der Waals surface area contributed by atoms with Crippen molar-refractivity contribution in [3.63, 3.8) is 0 Å². The molecule has 1 aliphatic heterocycles. The van der Waals surface area contributed by atoms with Gasteiger partial charge in [-0.2, -0.15) is 4.31 Å². The van der Waals surface area contributed by atoms with Crippen LogP contribution in [0.2, 0.25) is 0 Å². The SMILES string of the molecule is CCC(C)N1CCN(S(=O)(=O)c2c[nH]c(C(=O)O)c2)CC1. The average molecular weight is 315 g/mol. The Morgan fingerprint density at radius 1 is 1.38 bits per heavy atom. The van der Waals surface area contributed by atoms with Crippen molar-refractivity contribution in [1.29, 1.82) is 0 Å². The average Bonchev–Trinajstić information content (AvgIpc) is 2.97. The predicted molar refractivity (Wildman–Crippen MR) is 77.8 cm³/mol. The number of sulfonamides is 1. The van der Waals surface area contributed by atoms with Crippen LogP contribution in [0.25, 0.3) is 0 Å². The normalized spacial score (nSPS) is 19.5. The maximum absolute atomic E-state index is 12.5. The molecule has 0 spiro atoms. The number of aromatic amines is 1. The minimum absolute atomic E-state index is 0.0110. The first kappa shape index (κ1) is 16.0. The zero-order valence-corrected chi connectivity index (χ0v) is 13.1. The molecular formula is C13H21N3O4S. The lowest BCUT2D eigenvalue weighted by atomic mass is 10.2. The number of nitrogens with zero attached hydrogens (tertiary/aromatic N) is 2. The van der Waals surface area contributed by atoms with Crippen LogP contribution in [0.1, 0.15) is 30.8 Å². The summed E-state index contributed by atoms with van der Waals surface area (Å²) in [5.41, 5.74) is -0.119. The summed E-state index contributed by atoms with van der Waals surface area (Å²) in [7, 11) is -3.62. The summed E-state index contributed by atoms with van der Waals surface area (Å²) in [6, 6.07) is 1.61. The van der Waals surface area contributed by atoms with Crippen LogP contribution in [0.15, 0.2) is 17.2 Å². The summed E-state index contributed by atoms with van der Waals surface area (Å²) in [6.07, 6.45) is 2.27. The van der Waals surface area contributed by atoms with Crippen LogP contribution in [0, 0.1) is 0 Å². The number of H-pyrrole nitrogens is 1. The molecular weight excluding hydrogens is 294 g/mol. The Labute approximate surface area is 124 Å². The molecule has 21 heavy (non-hydrogen) atoms. The molecule has 1 atom stereocenters. The lowest BCUT2D eigenvalue weighted by molar-refractivity contribution is 0.0691. The van der Waals surface area contributed by atoms with Crippen molar-refractivity contribution in [2.75, 3.05) is 26.2 Å². The van der Waals surface area contributed by atoms with Gasteiger partial charge in [-0.05, 0) is 19.4 Å². The van der Waals surface area contributed by atoms with Crippen molar-refractivity contribution in [2.45, 2.75) is 31.2 Å². The van der Waals surface area contributed by atoms with E-state index in [1.165, 1.54) is 16.6 Å². The number of hydrogen-bond donors (Lipinski definition) is 2. The number of rotatable bonds is 5. The van der Waals surface area contributed by atoms with Crippen LogP contribution in [0.5, 0.6) is 0 Å². The molecule has 2 heterocycles. The Morgan fingerprint density at radius 3 is 2.48 bits per heavy atom. The smallest absolute Gasteiger partial charge is 0.352 e. The first-order valence-electron chi connectivity index (χ1n) is 7.02. The number of aromatic nitrogens is 1. The lowest BCUT2D eigenvalue weighted by Gasteiger charge is -2.36. The molecule has 0 radical (unpaired) electrons. The van der Waals surface area contributed by atoms with E-state index in [4.69, 9.17) is 5.11 Å². The number of hydrogen-bond acceptors (Lipinski definition) is 4. The van der Waals surface area contributed by atoms with Gasteiger partial charge in [-0.1, -0.05) is 6.92 Å². The van der Waals surface area contributed by atoms with Crippen molar-refractivity contribution in [2.24, 2.45) is 0 Å². The topological polar surface area (TPSA) is 93.7 Å². The molecule has 1 unspecified atom stereocenters. The Hall–Kier alpha value is -1.38. The fourth-order valence-electron chi connectivity index (χ4n) is 2.44. The van der Waals surface area contributed by atoms with E-state index in [9.17, 15) is 13.2 Å². The zero-order chi connectivity index (χ0) is 15.6. The monoisotopic (exact) mass is 315 g/mol. The number of aromatic carboxylic acids is 1. The van der Waals surface area contributed by atoms with Crippen LogP contribution in [0.3, 0.4) is 0 Å². The molecule has 1 fully saturated rings. The van der Waals surface area contributed by atoms with Gasteiger partial charge in [-0.3, -0.25) is 4.90 Å². The van der Waals surface area contributed by atoms with Crippen molar-refractivity contribution < 1.29 is 18.3 Å². The highest BCUT2D eigenvalue weighted by Crippen LogP contribution is 2.19. The van der Waals surface area contributed by atoms with Crippen LogP contribution in [0.4, 0.5) is 0 Å². The third kappa shape index (κ3) is 3.28. The van der Waals surface area contributed by atoms with Gasteiger partial charge in [0.05, 0.1) is 0 Å². The molecule has 1 aromatic rings. The fourth-order valence-corrected chi connectivity index (χ4v) is 3.86. The molecule has 2 rings (SSSR count). The minimum Gasteiger partial charge on any atom is -0.477 e. The van der Waals surface area contributed by atoms with Crippen molar-refractivity contribution in [1.82, 2.24) is 14.2 Å². The van der Waals surface area contributed by atoms with E-state index in [1.54, 1.807) is 0 Å². The van der Waals surface area contributed by atoms with Gasteiger partial charge in [0, 0.05) is 38.4 Å². The Bertz CT molecular complexity index is 603. The highest BCUT2D eigenvalue weighted by atomic mass is 32.2. The Morgan fingerprint density at radius 2 is 2.00 bits per heavy atom. The third-order valence-electron chi connectivity index (χ3n) is 4.01. The summed E-state index contributed by atoms with van der Waals surface area (Å²) in [4.78, 5) is 15.6. The highest BCUT2D eigenvalue weighted by molar-refractivity contribution is 7.89. The second-order valence-electron chi connectivity index (χ2n) is 5.25. The number of carbonyl (C=O) groups is 1. The number of piperazine rings is 1. The molecule has 0 aromatic carbocycles. The molecule has 8 heteroatoms. The van der Waals surface area contributed by atoms with Crippen LogP contribution >= 0.6 is 0 Å². The molecule has 0 saturated carbocycles. The lowest BCUT2D eigenvalue weighted by Crippen LogP contribution is -2.51. The minimum atomic E-state index is -3.62. The Balaban J connectivity index is 2.09. The van der Waals surface area contributed by atoms with E-state index in [-0.39, 0.29) is 10.6 Å². The highest BCUT2D eigenvalue weighted by Gasteiger charge is 2.30. The van der Waals surface area contributed by atoms with Gasteiger partial charge in [0.15, 0.2) is 0 Å². The second kappa shape index (κ2) is 6.17. The van der Waals surface area contributed by atoms with Gasteiger partial charge in [0.25, 0.3) is 0 Å². The van der Waals surface area contributed by atoms with Gasteiger partial charge in [-0.25, -0.2) is 13.2 Å². The summed E-state index contributed by atoms with van der Waals surface area (Å²) in [5.74, 6) is -1.17. The van der Waals surface area contributed by atoms with Crippen LogP contribution in [-0.2, 0) is 10.0 Å². The van der Waals surface area contributed by atoms with Gasteiger partial charge < -0.3 is 10.1 Å². The summed E-state index contributed by atoms with van der Waals surface area (Å²) in [6.45, 7) is 6.51. The van der Waals surface area contributed by atoms with E-state index in [0.29, 0.717) is 32.2 Å². The van der Waals surface area contributed by atoms with E-state index < -0.39 is 16.0 Å². The first-order valence-corrected chi connectivity index (χ1v) is 8.46. The summed E-state index contributed by atoms with van der Waals surface area (Å²) < 4.78 is 26.3. The van der Waals surface area contributed by atoms with E-state index in [2.05, 4.69) is 23.7 Å². The number of carboxylic acid groups (broad SMARTS) is 1. The van der Waals surface area contributed by atoms with Gasteiger partial charge in [0.2, 0.25) is 10.0 Å². The van der Waals surface area contributed by atoms with E-state index >= 15 is 0 Å². The molecule has 0 amide bonds. The fraction of sp³-hybridized carbons (Fsp3) is 0.615. The van der Waals surface area contributed by atoms with Crippen LogP contribution < -0.4 is 0 Å². The van der Waals surface area contributed by atoms with Gasteiger partial charge in [-0.15, -0.1) is 0 Å². The summed E-state index contributed by atoms with van der Waals surface area (Å²) >= 11 is 0. The van der Waals surface area contributed by atoms with Crippen molar-refractivity contribution >= 4 is 16.0 Å². The molecule has 0 bridgehead atoms. The third-order valence-corrected chi connectivity index (χ3v) is 5.89. The summed E-state index contributed by atoms with van der Waals surface area (Å²) in [5, 5.41) is 8.85. The molecule has 2 N–H and O–H groups in total. The van der Waals surface area contributed by atoms with Crippen molar-refractivity contribution in [3.8, 4) is 0 Å². The number of carboxylic acids is 1. The molecule has 7 nitrogen and oxygen atoms in total. The Kier molecular flexibility index (Phi) is 4.70. The molecule has 0 aliphatic carbocycles. The molecule has 1 saturated heterocycles. The largest absolute Gasteiger partial charge is 0.477 e. The molecule has 118 valence electrons. The van der Waals surface area contributed by atoms with Gasteiger partial charge in [0.1, 0.15) is 10.6 Å². The van der Waals surface area contributed by atoms with E-state index in [0.717, 1.165) is 6.42 Å². The molecule has 1 aromatic heterocycles. The number of nitrogens with one attached hydrogen (secondary N) is 1. The quantitative estimate of drug-likeness (QED) is 0.839. The van der Waals surface area contributed by atoms with E-state index in [1.807, 2.05) is 0 Å². The van der Waals surface area contributed by atoms with Crippen LogP contribution in [-0.4, -0.2) is 65.9 Å².